The first-order chi connectivity index (χ1) is 10.4. The summed E-state index contributed by atoms with van der Waals surface area (Å²) in [4.78, 5) is 16.0. The van der Waals surface area contributed by atoms with Crippen LogP contribution in [0.15, 0.2) is 29.6 Å². The van der Waals surface area contributed by atoms with Crippen molar-refractivity contribution in [2.24, 2.45) is 5.73 Å². The summed E-state index contributed by atoms with van der Waals surface area (Å²) in [5.74, 6) is -3.57. The van der Waals surface area contributed by atoms with Gasteiger partial charge < -0.3 is 11.1 Å². The van der Waals surface area contributed by atoms with Crippen LogP contribution in [0, 0.1) is 6.92 Å². The van der Waals surface area contributed by atoms with Crippen molar-refractivity contribution in [2.45, 2.75) is 19.3 Å². The molecule has 0 aliphatic heterocycles. The van der Waals surface area contributed by atoms with E-state index in [0.717, 1.165) is 16.1 Å². The van der Waals surface area contributed by atoms with Crippen LogP contribution in [0.2, 0.25) is 0 Å². The topological polar surface area (TPSA) is 68.0 Å². The lowest BCUT2D eigenvalue weighted by atomic mass is 10.1. The number of alkyl halides is 2. The number of rotatable bonds is 6. The van der Waals surface area contributed by atoms with Gasteiger partial charge in [-0.25, -0.2) is 13.8 Å². The molecule has 1 aromatic heterocycles. The third-order valence-electron chi connectivity index (χ3n) is 3.00. The maximum Gasteiger partial charge on any atom is 0.277 e. The standard InChI is InChI=1S/C15H17F2N3OS/c1-10-3-2-4-11(5-10)14-20-12(7-22-14)6-13(21)19-9-15(16,17)8-18/h2-5,7H,6,8-9,18H2,1H3,(H,19,21). The first kappa shape index (κ1) is 16.5. The van der Waals surface area contributed by atoms with Crippen LogP contribution in [0.3, 0.4) is 0 Å². The highest BCUT2D eigenvalue weighted by atomic mass is 32.1. The fourth-order valence-electron chi connectivity index (χ4n) is 1.83. The smallest absolute Gasteiger partial charge is 0.277 e. The highest BCUT2D eigenvalue weighted by Gasteiger charge is 2.27. The number of hydrogen-bond donors (Lipinski definition) is 2. The molecule has 0 spiro atoms. The molecular weight excluding hydrogens is 308 g/mol. The van der Waals surface area contributed by atoms with Crippen molar-refractivity contribution < 1.29 is 13.6 Å². The molecule has 4 nitrogen and oxygen atoms in total. The molecule has 0 unspecified atom stereocenters. The van der Waals surface area contributed by atoms with Gasteiger partial charge in [0.15, 0.2) is 0 Å². The third kappa shape index (κ3) is 4.57. The average Bonchev–Trinajstić information content (AvgIpc) is 2.94. The van der Waals surface area contributed by atoms with Gasteiger partial charge in [-0.05, 0) is 13.0 Å². The summed E-state index contributed by atoms with van der Waals surface area (Å²) in [6, 6.07) is 7.87. The average molecular weight is 325 g/mol. The van der Waals surface area contributed by atoms with Gasteiger partial charge >= 0.3 is 0 Å². The Morgan fingerprint density at radius 2 is 2.23 bits per heavy atom. The minimum atomic E-state index is -3.08. The van der Waals surface area contributed by atoms with Crippen molar-refractivity contribution in [3.63, 3.8) is 0 Å². The van der Waals surface area contributed by atoms with E-state index in [1.807, 2.05) is 31.2 Å². The number of aryl methyl sites for hydroxylation is 1. The van der Waals surface area contributed by atoms with Gasteiger partial charge in [0.2, 0.25) is 5.91 Å². The van der Waals surface area contributed by atoms with E-state index in [-0.39, 0.29) is 6.42 Å². The van der Waals surface area contributed by atoms with Gasteiger partial charge in [-0.2, -0.15) is 0 Å². The van der Waals surface area contributed by atoms with Crippen LogP contribution in [0.25, 0.3) is 10.6 Å². The number of hydrogen-bond acceptors (Lipinski definition) is 4. The lowest BCUT2D eigenvalue weighted by molar-refractivity contribution is -0.122. The van der Waals surface area contributed by atoms with E-state index in [9.17, 15) is 13.6 Å². The number of carbonyl (C=O) groups excluding carboxylic acids is 1. The minimum Gasteiger partial charge on any atom is -0.350 e. The van der Waals surface area contributed by atoms with Crippen LogP contribution in [0.1, 0.15) is 11.3 Å². The molecule has 0 atom stereocenters. The lowest BCUT2D eigenvalue weighted by Crippen LogP contribution is -2.42. The molecule has 1 amide bonds. The van der Waals surface area contributed by atoms with Crippen LogP contribution in [0.5, 0.6) is 0 Å². The second-order valence-corrected chi connectivity index (χ2v) is 5.89. The zero-order valence-corrected chi connectivity index (χ0v) is 12.9. The van der Waals surface area contributed by atoms with E-state index in [1.54, 1.807) is 5.38 Å². The second kappa shape index (κ2) is 6.93. The number of benzene rings is 1. The van der Waals surface area contributed by atoms with Crippen molar-refractivity contribution in [1.29, 1.82) is 0 Å². The van der Waals surface area contributed by atoms with Gasteiger partial charge in [0.05, 0.1) is 25.2 Å². The fraction of sp³-hybridized carbons (Fsp3) is 0.333. The van der Waals surface area contributed by atoms with Crippen molar-refractivity contribution in [1.82, 2.24) is 10.3 Å². The number of nitrogens with two attached hydrogens (primary N) is 1. The van der Waals surface area contributed by atoms with E-state index in [1.165, 1.54) is 11.3 Å². The zero-order valence-electron chi connectivity index (χ0n) is 12.1. The van der Waals surface area contributed by atoms with Crippen LogP contribution < -0.4 is 11.1 Å². The summed E-state index contributed by atoms with van der Waals surface area (Å²) in [5.41, 5.74) is 7.58. The Balaban J connectivity index is 1.96. The number of amides is 1. The van der Waals surface area contributed by atoms with Crippen molar-refractivity contribution >= 4 is 17.2 Å². The molecular formula is C15H17F2N3OS. The van der Waals surface area contributed by atoms with E-state index in [2.05, 4.69) is 10.3 Å². The number of nitrogens with one attached hydrogen (secondary N) is 1. The SMILES string of the molecule is Cc1cccc(-c2nc(CC(=O)NCC(F)(F)CN)cs2)c1. The number of thiazole rings is 1. The monoisotopic (exact) mass is 325 g/mol. The molecule has 0 aliphatic rings. The molecule has 1 aromatic carbocycles. The molecule has 2 rings (SSSR count). The zero-order chi connectivity index (χ0) is 16.2. The largest absolute Gasteiger partial charge is 0.350 e. The molecule has 0 bridgehead atoms. The summed E-state index contributed by atoms with van der Waals surface area (Å²) in [6.45, 7) is 0.446. The minimum absolute atomic E-state index is 0.0248. The van der Waals surface area contributed by atoms with Gasteiger partial charge in [-0.15, -0.1) is 11.3 Å². The maximum atomic E-state index is 13.0. The van der Waals surface area contributed by atoms with Crippen molar-refractivity contribution in [3.8, 4) is 10.6 Å². The molecule has 7 heteroatoms. The Morgan fingerprint density at radius 1 is 1.45 bits per heavy atom. The van der Waals surface area contributed by atoms with Gasteiger partial charge in [-0.1, -0.05) is 23.8 Å². The molecule has 0 fully saturated rings. The Labute approximate surface area is 131 Å². The highest BCUT2D eigenvalue weighted by Crippen LogP contribution is 2.24. The van der Waals surface area contributed by atoms with Gasteiger partial charge in [0.1, 0.15) is 5.01 Å². The predicted octanol–water partition coefficient (Wildman–Crippen LogP) is 2.37. The Bertz CT molecular complexity index is 658. The molecule has 3 N–H and O–H groups in total. The summed E-state index contributed by atoms with van der Waals surface area (Å²) in [7, 11) is 0. The van der Waals surface area contributed by atoms with Crippen molar-refractivity contribution in [2.75, 3.05) is 13.1 Å². The molecule has 0 saturated carbocycles. The first-order valence-corrected chi connectivity index (χ1v) is 7.63. The summed E-state index contributed by atoms with van der Waals surface area (Å²) in [5, 5.41) is 4.74. The fourth-order valence-corrected chi connectivity index (χ4v) is 2.64. The van der Waals surface area contributed by atoms with E-state index in [4.69, 9.17) is 5.73 Å². The molecule has 0 saturated heterocycles. The third-order valence-corrected chi connectivity index (χ3v) is 3.94. The Hall–Kier alpha value is -1.86. The second-order valence-electron chi connectivity index (χ2n) is 5.03. The molecule has 1 heterocycles. The molecule has 118 valence electrons. The van der Waals surface area contributed by atoms with Gasteiger partial charge in [0, 0.05) is 10.9 Å². The lowest BCUT2D eigenvalue weighted by Gasteiger charge is -2.14. The summed E-state index contributed by atoms with van der Waals surface area (Å²) < 4.78 is 25.9. The normalized spacial score (nSPS) is 11.5. The van der Waals surface area contributed by atoms with Crippen LogP contribution in [-0.4, -0.2) is 29.9 Å². The van der Waals surface area contributed by atoms with Crippen LogP contribution >= 0.6 is 11.3 Å². The maximum absolute atomic E-state index is 13.0. The summed E-state index contributed by atoms with van der Waals surface area (Å²) >= 11 is 1.42. The van der Waals surface area contributed by atoms with Gasteiger partial charge in [0.25, 0.3) is 5.92 Å². The Morgan fingerprint density at radius 3 is 2.91 bits per heavy atom. The molecule has 0 radical (unpaired) electrons. The number of halogens is 2. The van der Waals surface area contributed by atoms with Crippen molar-refractivity contribution in [3.05, 3.63) is 40.9 Å². The van der Waals surface area contributed by atoms with Crippen LogP contribution in [-0.2, 0) is 11.2 Å². The number of carbonyl (C=O) groups is 1. The number of aromatic nitrogens is 1. The Kier molecular flexibility index (Phi) is 5.20. The molecule has 0 aliphatic carbocycles. The van der Waals surface area contributed by atoms with Gasteiger partial charge in [-0.3, -0.25) is 4.79 Å². The quantitative estimate of drug-likeness (QED) is 0.857. The highest BCUT2D eigenvalue weighted by molar-refractivity contribution is 7.13. The molecule has 2 aromatic rings. The van der Waals surface area contributed by atoms with E-state index >= 15 is 0 Å². The molecule has 22 heavy (non-hydrogen) atoms. The van der Waals surface area contributed by atoms with Crippen LogP contribution in [0.4, 0.5) is 8.78 Å². The van der Waals surface area contributed by atoms with E-state index < -0.39 is 24.9 Å². The summed E-state index contributed by atoms with van der Waals surface area (Å²) in [6.07, 6.45) is -0.0248. The van der Waals surface area contributed by atoms with E-state index in [0.29, 0.717) is 5.69 Å². The number of nitrogens with zero attached hydrogens (tertiary/aromatic N) is 1. The first-order valence-electron chi connectivity index (χ1n) is 6.76. The predicted molar refractivity (Wildman–Crippen MR) is 83.0 cm³/mol.